The van der Waals surface area contributed by atoms with Gasteiger partial charge in [0.2, 0.25) is 0 Å². The van der Waals surface area contributed by atoms with Gasteiger partial charge in [-0.15, -0.1) is 0 Å². The van der Waals surface area contributed by atoms with Gasteiger partial charge in [-0.05, 0) is 38.6 Å². The van der Waals surface area contributed by atoms with Gasteiger partial charge in [0, 0.05) is 11.8 Å². The van der Waals surface area contributed by atoms with Gasteiger partial charge in [0.15, 0.2) is 0 Å². The smallest absolute Gasteiger partial charge is 0.150 e. The molecule has 0 unspecified atom stereocenters. The highest BCUT2D eigenvalue weighted by Crippen LogP contribution is 2.31. The van der Waals surface area contributed by atoms with Crippen LogP contribution in [0.2, 0.25) is 0 Å². The van der Waals surface area contributed by atoms with E-state index in [2.05, 4.69) is 12.2 Å². The molecule has 0 amide bonds. The van der Waals surface area contributed by atoms with E-state index in [4.69, 9.17) is 0 Å². The third-order valence-electron chi connectivity index (χ3n) is 3.73. The third kappa shape index (κ3) is 4.94. The minimum absolute atomic E-state index is 0.117. The summed E-state index contributed by atoms with van der Waals surface area (Å²) in [7, 11) is -2.96. The Balaban J connectivity index is 2.39. The molecule has 0 aromatic rings. The molecule has 0 radical (unpaired) electrons. The van der Waals surface area contributed by atoms with Crippen LogP contribution in [0.15, 0.2) is 0 Å². The number of aliphatic hydroxyl groups is 1. The Kier molecular flexibility index (Phi) is 5.41. The summed E-state index contributed by atoms with van der Waals surface area (Å²) in [4.78, 5) is 0. The number of nitrogens with one attached hydrogen (secondary N) is 1. The second-order valence-corrected chi connectivity index (χ2v) is 7.52. The lowest BCUT2D eigenvalue weighted by Gasteiger charge is -2.36. The van der Waals surface area contributed by atoms with Crippen molar-refractivity contribution in [2.75, 3.05) is 18.1 Å². The summed E-state index contributed by atoms with van der Waals surface area (Å²) >= 11 is 0. The van der Waals surface area contributed by atoms with E-state index >= 15 is 0 Å². The van der Waals surface area contributed by atoms with Crippen molar-refractivity contribution in [1.29, 1.82) is 0 Å². The first-order chi connectivity index (χ1) is 7.91. The van der Waals surface area contributed by atoms with Crippen LogP contribution in [0.25, 0.3) is 0 Å². The molecule has 0 bridgehead atoms. The largest absolute Gasteiger partial charge is 0.390 e. The van der Waals surface area contributed by atoms with E-state index in [9.17, 15) is 13.5 Å². The Morgan fingerprint density at radius 2 is 1.88 bits per heavy atom. The first-order valence-electron chi connectivity index (χ1n) is 6.57. The quantitative estimate of drug-likeness (QED) is 0.753. The molecule has 1 aliphatic carbocycles. The van der Waals surface area contributed by atoms with E-state index in [0.717, 1.165) is 19.4 Å². The van der Waals surface area contributed by atoms with E-state index in [-0.39, 0.29) is 11.5 Å². The molecule has 0 aromatic carbocycles. The molecule has 1 fully saturated rings. The van der Waals surface area contributed by atoms with Gasteiger partial charge >= 0.3 is 0 Å². The Hall–Kier alpha value is -0.130. The van der Waals surface area contributed by atoms with Gasteiger partial charge in [-0.25, -0.2) is 8.42 Å². The normalized spacial score (nSPS) is 30.4. The van der Waals surface area contributed by atoms with Crippen LogP contribution in [-0.4, -0.2) is 43.2 Å². The number of hydrogen-bond donors (Lipinski definition) is 2. The van der Waals surface area contributed by atoms with Crippen molar-refractivity contribution < 1.29 is 13.5 Å². The average molecular weight is 263 g/mol. The third-order valence-corrected chi connectivity index (χ3v) is 5.43. The average Bonchev–Trinajstić information content (AvgIpc) is 2.31. The lowest BCUT2D eigenvalue weighted by atomic mass is 9.80. The lowest BCUT2D eigenvalue weighted by Crippen LogP contribution is -2.42. The Labute approximate surface area is 105 Å². The van der Waals surface area contributed by atoms with Gasteiger partial charge in [-0.1, -0.05) is 13.8 Å². The van der Waals surface area contributed by atoms with Gasteiger partial charge < -0.3 is 10.4 Å². The first-order valence-corrected chi connectivity index (χ1v) is 8.39. The van der Waals surface area contributed by atoms with Gasteiger partial charge in [0.05, 0.1) is 11.4 Å². The Bertz CT molecular complexity index is 319. The predicted octanol–water partition coefficient (Wildman–Crippen LogP) is 1.09. The van der Waals surface area contributed by atoms with Crippen LogP contribution in [0.1, 0.15) is 46.0 Å². The van der Waals surface area contributed by atoms with Gasteiger partial charge in [-0.3, -0.25) is 0 Å². The monoisotopic (exact) mass is 263 g/mol. The maximum absolute atomic E-state index is 11.4. The molecule has 102 valence electrons. The van der Waals surface area contributed by atoms with Crippen molar-refractivity contribution in [2.24, 2.45) is 0 Å². The topological polar surface area (TPSA) is 66.4 Å². The van der Waals surface area contributed by atoms with Crippen molar-refractivity contribution in [3.05, 3.63) is 0 Å². The zero-order valence-electron chi connectivity index (χ0n) is 10.9. The van der Waals surface area contributed by atoms with Crippen molar-refractivity contribution in [3.63, 3.8) is 0 Å². The number of hydrogen-bond acceptors (Lipinski definition) is 4. The van der Waals surface area contributed by atoms with E-state index < -0.39 is 15.4 Å². The molecule has 2 N–H and O–H groups in total. The molecule has 5 heteroatoms. The summed E-state index contributed by atoms with van der Waals surface area (Å²) in [6.45, 7) is 4.68. The summed E-state index contributed by atoms with van der Waals surface area (Å²) in [5.41, 5.74) is -0.756. The summed E-state index contributed by atoms with van der Waals surface area (Å²) < 4.78 is 22.9. The van der Waals surface area contributed by atoms with Crippen molar-refractivity contribution in [2.45, 2.75) is 57.6 Å². The molecule has 0 saturated heterocycles. The molecule has 0 aliphatic heterocycles. The van der Waals surface area contributed by atoms with Crippen molar-refractivity contribution >= 4 is 9.84 Å². The first kappa shape index (κ1) is 14.9. The van der Waals surface area contributed by atoms with Crippen molar-refractivity contribution in [1.82, 2.24) is 5.32 Å². The van der Waals surface area contributed by atoms with Crippen LogP contribution >= 0.6 is 0 Å². The molecule has 1 saturated carbocycles. The second kappa shape index (κ2) is 6.16. The number of rotatable bonds is 6. The van der Waals surface area contributed by atoms with E-state index in [1.807, 2.05) is 0 Å². The maximum atomic E-state index is 11.4. The molecule has 1 rings (SSSR count). The summed E-state index contributed by atoms with van der Waals surface area (Å²) in [5, 5.41) is 13.7. The highest BCUT2D eigenvalue weighted by Gasteiger charge is 2.33. The molecule has 0 heterocycles. The fraction of sp³-hybridized carbons (Fsp3) is 1.00. The highest BCUT2D eigenvalue weighted by molar-refractivity contribution is 7.91. The standard InChI is InChI=1S/C12H25NO3S/c1-3-13-11-5-7-12(14,8-6-11)9-10-17(15,16)4-2/h11,13-14H,3-10H2,1-2H3. The van der Waals surface area contributed by atoms with Gasteiger partial charge in [0.1, 0.15) is 9.84 Å². The van der Waals surface area contributed by atoms with Crippen LogP contribution in [0, 0.1) is 0 Å². The van der Waals surface area contributed by atoms with Crippen LogP contribution in [0.4, 0.5) is 0 Å². The van der Waals surface area contributed by atoms with E-state index in [1.54, 1.807) is 6.92 Å². The van der Waals surface area contributed by atoms with Crippen LogP contribution in [-0.2, 0) is 9.84 Å². The number of sulfone groups is 1. The molecular formula is C12H25NO3S. The Morgan fingerprint density at radius 1 is 1.29 bits per heavy atom. The highest BCUT2D eigenvalue weighted by atomic mass is 32.2. The zero-order chi connectivity index (χ0) is 12.9. The minimum Gasteiger partial charge on any atom is -0.390 e. The van der Waals surface area contributed by atoms with Gasteiger partial charge in [0.25, 0.3) is 0 Å². The SMILES string of the molecule is CCNC1CCC(O)(CCS(=O)(=O)CC)CC1. The summed E-state index contributed by atoms with van der Waals surface area (Å²) in [6, 6.07) is 0.489. The second-order valence-electron chi connectivity index (χ2n) is 5.04. The molecule has 17 heavy (non-hydrogen) atoms. The predicted molar refractivity (Wildman–Crippen MR) is 69.8 cm³/mol. The maximum Gasteiger partial charge on any atom is 0.150 e. The Morgan fingerprint density at radius 3 is 2.35 bits per heavy atom. The summed E-state index contributed by atoms with van der Waals surface area (Å²) in [6.07, 6.45) is 3.70. The minimum atomic E-state index is -2.96. The van der Waals surface area contributed by atoms with Gasteiger partial charge in [-0.2, -0.15) is 0 Å². The molecule has 0 aromatic heterocycles. The zero-order valence-corrected chi connectivity index (χ0v) is 11.7. The molecule has 0 atom stereocenters. The lowest BCUT2D eigenvalue weighted by molar-refractivity contribution is -0.00592. The van der Waals surface area contributed by atoms with E-state index in [0.29, 0.717) is 25.3 Å². The fourth-order valence-corrected chi connectivity index (χ4v) is 3.37. The molecule has 4 nitrogen and oxygen atoms in total. The summed E-state index contributed by atoms with van der Waals surface area (Å²) in [5.74, 6) is 0.287. The molecule has 0 spiro atoms. The molecular weight excluding hydrogens is 238 g/mol. The van der Waals surface area contributed by atoms with Crippen LogP contribution in [0.5, 0.6) is 0 Å². The van der Waals surface area contributed by atoms with Crippen LogP contribution in [0.3, 0.4) is 0 Å². The molecule has 1 aliphatic rings. The fourth-order valence-electron chi connectivity index (χ4n) is 2.39. The van der Waals surface area contributed by atoms with Crippen LogP contribution < -0.4 is 5.32 Å². The van der Waals surface area contributed by atoms with E-state index in [1.165, 1.54) is 0 Å². The van der Waals surface area contributed by atoms with Crippen molar-refractivity contribution in [3.8, 4) is 0 Å².